The van der Waals surface area contributed by atoms with E-state index in [1.165, 1.54) is 11.6 Å². The van der Waals surface area contributed by atoms with Gasteiger partial charge in [0.15, 0.2) is 0 Å². The van der Waals surface area contributed by atoms with E-state index >= 15 is 0 Å². The Morgan fingerprint density at radius 2 is 2.29 bits per heavy atom. The Labute approximate surface area is 82.5 Å². The van der Waals surface area contributed by atoms with Crippen LogP contribution in [0.2, 0.25) is 0 Å². The number of aromatic nitrogens is 1. The number of allylic oxidation sites excluding steroid dienone is 1. The van der Waals surface area contributed by atoms with Crippen molar-refractivity contribution in [2.75, 3.05) is 0 Å². The van der Waals surface area contributed by atoms with Crippen LogP contribution < -0.4 is 0 Å². The molecule has 1 aromatic heterocycles. The zero-order chi connectivity index (χ0) is 9.97. The highest BCUT2D eigenvalue weighted by Gasteiger charge is 1.99. The van der Waals surface area contributed by atoms with Gasteiger partial charge in [-0.15, -0.1) is 0 Å². The fourth-order valence-corrected chi connectivity index (χ4v) is 1.52. The summed E-state index contributed by atoms with van der Waals surface area (Å²) in [4.78, 5) is 3.16. The van der Waals surface area contributed by atoms with Crippen LogP contribution in [-0.4, -0.2) is 4.98 Å². The summed E-state index contributed by atoms with van der Waals surface area (Å²) in [7, 11) is 0. The molecule has 0 unspecified atom stereocenters. The normalized spacial score (nSPS) is 10.9. The summed E-state index contributed by atoms with van der Waals surface area (Å²) < 4.78 is 0. The van der Waals surface area contributed by atoms with Gasteiger partial charge in [0.2, 0.25) is 0 Å². The van der Waals surface area contributed by atoms with Crippen LogP contribution in [0, 0.1) is 18.3 Å². The molecule has 1 heterocycles. The second-order valence-corrected chi connectivity index (χ2v) is 3.26. The van der Waals surface area contributed by atoms with Crippen molar-refractivity contribution in [1.29, 1.82) is 5.26 Å². The molecule has 2 nitrogen and oxygen atoms in total. The first-order valence-corrected chi connectivity index (χ1v) is 4.45. The van der Waals surface area contributed by atoms with Crippen LogP contribution >= 0.6 is 0 Å². The molecule has 0 spiro atoms. The van der Waals surface area contributed by atoms with E-state index in [4.69, 9.17) is 5.26 Å². The first-order chi connectivity index (χ1) is 6.81. The number of fused-ring (bicyclic) bond motifs is 1. The molecule has 1 aromatic carbocycles. The second kappa shape index (κ2) is 3.39. The lowest BCUT2D eigenvalue weighted by Crippen LogP contribution is -1.72. The number of aromatic amines is 1. The first kappa shape index (κ1) is 8.58. The van der Waals surface area contributed by atoms with Gasteiger partial charge in [-0.05, 0) is 25.1 Å². The summed E-state index contributed by atoms with van der Waals surface area (Å²) >= 11 is 0. The zero-order valence-electron chi connectivity index (χ0n) is 7.91. The van der Waals surface area contributed by atoms with Gasteiger partial charge in [0, 0.05) is 28.7 Å². The van der Waals surface area contributed by atoms with Crippen LogP contribution in [0.5, 0.6) is 0 Å². The zero-order valence-corrected chi connectivity index (χ0v) is 7.91. The topological polar surface area (TPSA) is 39.6 Å². The number of nitriles is 1. The minimum atomic E-state index is 1.06. The van der Waals surface area contributed by atoms with E-state index in [0.29, 0.717) is 0 Å². The number of benzene rings is 1. The Hall–Kier alpha value is -2.01. The van der Waals surface area contributed by atoms with Gasteiger partial charge in [-0.3, -0.25) is 0 Å². The van der Waals surface area contributed by atoms with Crippen molar-refractivity contribution < 1.29 is 0 Å². The van der Waals surface area contributed by atoms with Crippen LogP contribution in [0.25, 0.3) is 17.0 Å². The van der Waals surface area contributed by atoms with Crippen molar-refractivity contribution in [2.45, 2.75) is 6.92 Å². The third-order valence-corrected chi connectivity index (χ3v) is 2.21. The average Bonchev–Trinajstić information content (AvgIpc) is 2.57. The summed E-state index contributed by atoms with van der Waals surface area (Å²) in [6, 6.07) is 8.22. The second-order valence-electron chi connectivity index (χ2n) is 3.26. The quantitative estimate of drug-likeness (QED) is 0.676. The molecule has 0 saturated carbocycles. The Bertz CT molecular complexity index is 527. The summed E-state index contributed by atoms with van der Waals surface area (Å²) in [5, 5.41) is 9.61. The minimum absolute atomic E-state index is 1.06. The number of rotatable bonds is 1. The van der Waals surface area contributed by atoms with E-state index in [-0.39, 0.29) is 0 Å². The molecule has 0 fully saturated rings. The fourth-order valence-electron chi connectivity index (χ4n) is 1.52. The van der Waals surface area contributed by atoms with E-state index in [2.05, 4.69) is 24.0 Å². The van der Waals surface area contributed by atoms with Gasteiger partial charge < -0.3 is 4.98 Å². The van der Waals surface area contributed by atoms with Crippen molar-refractivity contribution >= 4 is 17.0 Å². The molecule has 2 aromatic rings. The number of hydrogen-bond acceptors (Lipinski definition) is 1. The maximum atomic E-state index is 8.44. The third-order valence-electron chi connectivity index (χ3n) is 2.21. The molecule has 0 radical (unpaired) electrons. The van der Waals surface area contributed by atoms with Gasteiger partial charge in [0.1, 0.15) is 0 Å². The van der Waals surface area contributed by atoms with Gasteiger partial charge in [-0.1, -0.05) is 11.6 Å². The summed E-state index contributed by atoms with van der Waals surface area (Å²) in [6.45, 7) is 2.06. The van der Waals surface area contributed by atoms with Crippen molar-refractivity contribution in [3.8, 4) is 6.07 Å². The highest BCUT2D eigenvalue weighted by molar-refractivity contribution is 5.89. The smallest absolute Gasteiger partial charge is 0.0912 e. The molecule has 0 bridgehead atoms. The number of H-pyrrole nitrogens is 1. The van der Waals surface area contributed by atoms with Gasteiger partial charge in [0.25, 0.3) is 0 Å². The molecule has 1 N–H and O–H groups in total. The summed E-state index contributed by atoms with van der Waals surface area (Å²) in [6.07, 6.45) is 5.22. The predicted molar refractivity (Wildman–Crippen MR) is 57.7 cm³/mol. The van der Waals surface area contributed by atoms with E-state index in [9.17, 15) is 0 Å². The van der Waals surface area contributed by atoms with E-state index < -0.39 is 0 Å². The molecule has 0 atom stereocenters. The molecule has 0 saturated heterocycles. The van der Waals surface area contributed by atoms with Crippen LogP contribution in [0.15, 0.2) is 30.5 Å². The molecule has 2 heteroatoms. The van der Waals surface area contributed by atoms with E-state index in [1.807, 2.05) is 24.4 Å². The maximum absolute atomic E-state index is 8.44. The SMILES string of the molecule is Cc1ccc2[nH]cc(/C=C\C#N)c2c1. The third kappa shape index (κ3) is 1.40. The van der Waals surface area contributed by atoms with E-state index in [1.54, 1.807) is 0 Å². The molecule has 14 heavy (non-hydrogen) atoms. The Kier molecular flexibility index (Phi) is 2.08. The predicted octanol–water partition coefficient (Wildman–Crippen LogP) is 3.01. The van der Waals surface area contributed by atoms with Gasteiger partial charge in [-0.2, -0.15) is 5.26 Å². The Balaban J connectivity index is 2.62. The minimum Gasteiger partial charge on any atom is -0.361 e. The molecule has 2 rings (SSSR count). The van der Waals surface area contributed by atoms with Crippen LogP contribution in [0.4, 0.5) is 0 Å². The highest BCUT2D eigenvalue weighted by atomic mass is 14.7. The largest absolute Gasteiger partial charge is 0.361 e. The first-order valence-electron chi connectivity index (χ1n) is 4.45. The van der Waals surface area contributed by atoms with Gasteiger partial charge >= 0.3 is 0 Å². The molecule has 0 aliphatic rings. The standard InChI is InChI=1S/C12H10N2/c1-9-4-5-12-11(7-9)10(8-14-12)3-2-6-13/h2-5,7-8,14H,1H3/b3-2-. The van der Waals surface area contributed by atoms with Gasteiger partial charge in [-0.25, -0.2) is 0 Å². The summed E-state index contributed by atoms with van der Waals surface area (Å²) in [5.41, 5.74) is 3.39. The molecular weight excluding hydrogens is 172 g/mol. The van der Waals surface area contributed by atoms with Crippen molar-refractivity contribution in [1.82, 2.24) is 4.98 Å². The Morgan fingerprint density at radius 3 is 3.07 bits per heavy atom. The fraction of sp³-hybridized carbons (Fsp3) is 0.0833. The van der Waals surface area contributed by atoms with Crippen molar-refractivity contribution in [3.63, 3.8) is 0 Å². The monoisotopic (exact) mass is 182 g/mol. The van der Waals surface area contributed by atoms with Crippen LogP contribution in [-0.2, 0) is 0 Å². The van der Waals surface area contributed by atoms with Crippen molar-refractivity contribution in [3.05, 3.63) is 41.6 Å². The number of hydrogen-bond donors (Lipinski definition) is 1. The number of nitrogens with zero attached hydrogens (tertiary/aromatic N) is 1. The number of aryl methyl sites for hydroxylation is 1. The molecular formula is C12H10N2. The number of nitrogens with one attached hydrogen (secondary N) is 1. The van der Waals surface area contributed by atoms with Crippen LogP contribution in [0.3, 0.4) is 0 Å². The summed E-state index contributed by atoms with van der Waals surface area (Å²) in [5.74, 6) is 0. The maximum Gasteiger partial charge on any atom is 0.0912 e. The lowest BCUT2D eigenvalue weighted by Gasteiger charge is -1.93. The highest BCUT2D eigenvalue weighted by Crippen LogP contribution is 2.20. The van der Waals surface area contributed by atoms with E-state index in [0.717, 1.165) is 16.5 Å². The molecule has 0 aliphatic carbocycles. The molecule has 0 aliphatic heterocycles. The lowest BCUT2D eigenvalue weighted by atomic mass is 10.1. The average molecular weight is 182 g/mol. The van der Waals surface area contributed by atoms with Crippen molar-refractivity contribution in [2.24, 2.45) is 0 Å². The Morgan fingerprint density at radius 1 is 1.43 bits per heavy atom. The van der Waals surface area contributed by atoms with Crippen LogP contribution in [0.1, 0.15) is 11.1 Å². The lowest BCUT2D eigenvalue weighted by molar-refractivity contribution is 1.45. The molecule has 68 valence electrons. The molecule has 0 amide bonds. The van der Waals surface area contributed by atoms with Gasteiger partial charge in [0.05, 0.1) is 6.07 Å².